The lowest BCUT2D eigenvalue weighted by molar-refractivity contribution is 0.0398. The number of pyridine rings is 1. The standard InChI is InChI=1S/C24H24N6O2/c1-14-11-19-18(13-32-14)22(26-12-16-7-4-3-5-8-16)29-23(28-19)20-15(2)27-24-17(21(25)31)9-6-10-30(20)24/h3-10,14H,11-13H2,1-2H3,(H2,25,31)(H,26,28,29). The minimum atomic E-state index is -0.519. The zero-order chi connectivity index (χ0) is 22.2. The van der Waals surface area contributed by atoms with E-state index in [2.05, 4.69) is 22.4 Å². The summed E-state index contributed by atoms with van der Waals surface area (Å²) in [5, 5.41) is 3.47. The predicted octanol–water partition coefficient (Wildman–Crippen LogP) is 3.27. The molecule has 1 aromatic carbocycles. The number of rotatable bonds is 5. The van der Waals surface area contributed by atoms with Crippen LogP contribution in [0.1, 0.15) is 39.8 Å². The van der Waals surface area contributed by atoms with E-state index in [1.54, 1.807) is 12.1 Å². The first kappa shape index (κ1) is 20.1. The fraction of sp³-hybridized carbons (Fsp3) is 0.250. The van der Waals surface area contributed by atoms with Gasteiger partial charge in [0.1, 0.15) is 17.2 Å². The second-order valence-corrected chi connectivity index (χ2v) is 8.01. The van der Waals surface area contributed by atoms with Crippen molar-refractivity contribution in [1.82, 2.24) is 19.4 Å². The fourth-order valence-corrected chi connectivity index (χ4v) is 4.08. The number of aromatic nitrogens is 4. The number of amides is 1. The largest absolute Gasteiger partial charge is 0.373 e. The molecule has 162 valence electrons. The van der Waals surface area contributed by atoms with Gasteiger partial charge in [-0.05, 0) is 31.5 Å². The van der Waals surface area contributed by atoms with Crippen molar-refractivity contribution in [3.63, 3.8) is 0 Å². The Morgan fingerprint density at radius 3 is 2.78 bits per heavy atom. The van der Waals surface area contributed by atoms with Crippen LogP contribution >= 0.6 is 0 Å². The Balaban J connectivity index is 1.63. The lowest BCUT2D eigenvalue weighted by atomic mass is 10.1. The summed E-state index contributed by atoms with van der Waals surface area (Å²) >= 11 is 0. The average molecular weight is 428 g/mol. The van der Waals surface area contributed by atoms with Crippen LogP contribution in [0.2, 0.25) is 0 Å². The maximum absolute atomic E-state index is 11.9. The molecule has 0 bridgehead atoms. The Kier molecular flexibility index (Phi) is 5.07. The Hall–Kier alpha value is -3.78. The number of carbonyl (C=O) groups is 1. The second-order valence-electron chi connectivity index (χ2n) is 8.01. The highest BCUT2D eigenvalue weighted by Gasteiger charge is 2.25. The van der Waals surface area contributed by atoms with Gasteiger partial charge >= 0.3 is 0 Å². The average Bonchev–Trinajstić information content (AvgIpc) is 3.13. The third-order valence-corrected chi connectivity index (χ3v) is 5.69. The van der Waals surface area contributed by atoms with Gasteiger partial charge in [-0.2, -0.15) is 0 Å². The van der Waals surface area contributed by atoms with Crippen LogP contribution in [0.25, 0.3) is 17.2 Å². The van der Waals surface area contributed by atoms with Gasteiger partial charge in [0, 0.05) is 24.7 Å². The number of hydrogen-bond acceptors (Lipinski definition) is 6. The normalized spacial score (nSPS) is 15.5. The van der Waals surface area contributed by atoms with Gasteiger partial charge < -0.3 is 15.8 Å². The number of benzene rings is 1. The quantitative estimate of drug-likeness (QED) is 0.505. The van der Waals surface area contributed by atoms with E-state index >= 15 is 0 Å². The molecule has 0 spiro atoms. The van der Waals surface area contributed by atoms with E-state index in [9.17, 15) is 4.79 Å². The summed E-state index contributed by atoms with van der Waals surface area (Å²) in [5.41, 5.74) is 11.0. The summed E-state index contributed by atoms with van der Waals surface area (Å²) in [4.78, 5) is 26.3. The molecule has 0 radical (unpaired) electrons. The molecule has 0 aliphatic carbocycles. The summed E-state index contributed by atoms with van der Waals surface area (Å²) < 4.78 is 7.71. The molecule has 3 N–H and O–H groups in total. The molecule has 8 nitrogen and oxygen atoms in total. The summed E-state index contributed by atoms with van der Waals surface area (Å²) in [5.74, 6) is 0.788. The van der Waals surface area contributed by atoms with Crippen molar-refractivity contribution in [2.24, 2.45) is 5.73 Å². The van der Waals surface area contributed by atoms with Crippen LogP contribution in [-0.2, 0) is 24.3 Å². The number of nitrogens with one attached hydrogen (secondary N) is 1. The number of imidazole rings is 1. The zero-order valence-corrected chi connectivity index (χ0v) is 18.0. The monoisotopic (exact) mass is 428 g/mol. The van der Waals surface area contributed by atoms with Crippen LogP contribution in [0.3, 0.4) is 0 Å². The number of nitrogens with zero attached hydrogens (tertiary/aromatic N) is 4. The number of primary amides is 1. The minimum Gasteiger partial charge on any atom is -0.373 e. The lowest BCUT2D eigenvalue weighted by Gasteiger charge is -2.24. The summed E-state index contributed by atoms with van der Waals surface area (Å²) in [6.07, 6.45) is 2.63. The van der Waals surface area contributed by atoms with Crippen LogP contribution in [0.4, 0.5) is 5.82 Å². The van der Waals surface area contributed by atoms with Crippen molar-refractivity contribution in [3.8, 4) is 11.5 Å². The van der Waals surface area contributed by atoms with Crippen LogP contribution in [0.15, 0.2) is 48.7 Å². The predicted molar refractivity (Wildman–Crippen MR) is 121 cm³/mol. The van der Waals surface area contributed by atoms with Crippen LogP contribution in [0, 0.1) is 6.92 Å². The third kappa shape index (κ3) is 3.58. The Bertz CT molecular complexity index is 1320. The molecule has 3 aromatic heterocycles. The van der Waals surface area contributed by atoms with Gasteiger partial charge in [0.25, 0.3) is 5.91 Å². The van der Waals surface area contributed by atoms with Crippen LogP contribution in [-0.4, -0.2) is 31.4 Å². The van der Waals surface area contributed by atoms with E-state index in [0.29, 0.717) is 36.6 Å². The van der Waals surface area contributed by atoms with E-state index in [0.717, 1.165) is 34.0 Å². The topological polar surface area (TPSA) is 107 Å². The molecule has 1 unspecified atom stereocenters. The fourth-order valence-electron chi connectivity index (χ4n) is 4.08. The smallest absolute Gasteiger partial charge is 0.252 e. The van der Waals surface area contributed by atoms with Crippen molar-refractivity contribution in [3.05, 3.63) is 76.7 Å². The summed E-state index contributed by atoms with van der Waals surface area (Å²) in [6, 6.07) is 13.6. The second kappa shape index (κ2) is 8.05. The van der Waals surface area contributed by atoms with Gasteiger partial charge in [0.2, 0.25) is 0 Å². The van der Waals surface area contributed by atoms with Gasteiger partial charge in [-0.1, -0.05) is 30.3 Å². The molecular weight excluding hydrogens is 404 g/mol. The summed E-state index contributed by atoms with van der Waals surface area (Å²) in [6.45, 7) is 5.03. The molecule has 4 aromatic rings. The zero-order valence-electron chi connectivity index (χ0n) is 18.0. The first-order chi connectivity index (χ1) is 15.5. The molecule has 0 saturated carbocycles. The molecule has 1 aliphatic rings. The first-order valence-corrected chi connectivity index (χ1v) is 10.6. The molecule has 0 fully saturated rings. The number of aryl methyl sites for hydroxylation is 1. The molecule has 1 aliphatic heterocycles. The number of anilines is 1. The van der Waals surface area contributed by atoms with E-state index in [4.69, 9.17) is 20.4 Å². The minimum absolute atomic E-state index is 0.0805. The van der Waals surface area contributed by atoms with Crippen LogP contribution < -0.4 is 11.1 Å². The maximum Gasteiger partial charge on any atom is 0.252 e. The molecule has 0 saturated heterocycles. The van der Waals surface area contributed by atoms with Crippen molar-refractivity contribution >= 4 is 17.4 Å². The highest BCUT2D eigenvalue weighted by molar-refractivity contribution is 5.99. The van der Waals surface area contributed by atoms with Crippen molar-refractivity contribution in [2.75, 3.05) is 5.32 Å². The molecule has 4 heterocycles. The van der Waals surface area contributed by atoms with Gasteiger partial charge in [0.05, 0.1) is 29.7 Å². The Morgan fingerprint density at radius 2 is 2.00 bits per heavy atom. The number of hydrogen-bond donors (Lipinski definition) is 2. The molecule has 1 amide bonds. The number of fused-ring (bicyclic) bond motifs is 2. The molecule has 1 atom stereocenters. The molecule has 32 heavy (non-hydrogen) atoms. The number of ether oxygens (including phenoxy) is 1. The molecule has 8 heteroatoms. The highest BCUT2D eigenvalue weighted by Crippen LogP contribution is 2.30. The van der Waals surface area contributed by atoms with E-state index in [1.807, 2.05) is 42.6 Å². The number of carbonyl (C=O) groups excluding carboxylic acids is 1. The van der Waals surface area contributed by atoms with E-state index in [-0.39, 0.29) is 6.10 Å². The number of nitrogens with two attached hydrogens (primary N) is 1. The SMILES string of the molecule is Cc1nc2c(C(N)=O)cccn2c1-c1nc2c(c(NCc3ccccc3)n1)COC(C)C2. The molecule has 5 rings (SSSR count). The van der Waals surface area contributed by atoms with Gasteiger partial charge in [-0.25, -0.2) is 15.0 Å². The third-order valence-electron chi connectivity index (χ3n) is 5.69. The van der Waals surface area contributed by atoms with Gasteiger partial charge in [-0.15, -0.1) is 0 Å². The van der Waals surface area contributed by atoms with E-state index in [1.165, 1.54) is 0 Å². The summed E-state index contributed by atoms with van der Waals surface area (Å²) in [7, 11) is 0. The molecular formula is C24H24N6O2. The maximum atomic E-state index is 11.9. The first-order valence-electron chi connectivity index (χ1n) is 10.6. The Labute approximate surface area is 185 Å². The van der Waals surface area contributed by atoms with Crippen molar-refractivity contribution in [2.45, 2.75) is 39.5 Å². The highest BCUT2D eigenvalue weighted by atomic mass is 16.5. The Morgan fingerprint density at radius 1 is 1.19 bits per heavy atom. The van der Waals surface area contributed by atoms with Gasteiger partial charge in [-0.3, -0.25) is 9.20 Å². The van der Waals surface area contributed by atoms with E-state index < -0.39 is 5.91 Å². The lowest BCUT2D eigenvalue weighted by Crippen LogP contribution is -2.23. The van der Waals surface area contributed by atoms with Crippen molar-refractivity contribution in [1.29, 1.82) is 0 Å². The van der Waals surface area contributed by atoms with Crippen molar-refractivity contribution < 1.29 is 9.53 Å². The van der Waals surface area contributed by atoms with Crippen LogP contribution in [0.5, 0.6) is 0 Å². The van der Waals surface area contributed by atoms with Gasteiger partial charge in [0.15, 0.2) is 5.82 Å².